The zero-order valence-corrected chi connectivity index (χ0v) is 18.0. The molecular formula is C23H28N2O3S. The molecule has 1 unspecified atom stereocenters. The third kappa shape index (κ3) is 3.79. The lowest BCUT2D eigenvalue weighted by molar-refractivity contribution is 0.242. The van der Waals surface area contributed by atoms with Gasteiger partial charge in [-0.15, -0.1) is 0 Å². The highest BCUT2D eigenvalue weighted by atomic mass is 32.2. The number of para-hydroxylation sites is 1. The maximum atomic E-state index is 13.1. The molecule has 1 atom stereocenters. The van der Waals surface area contributed by atoms with E-state index in [0.29, 0.717) is 23.7 Å². The number of nitrogens with zero attached hydrogens (tertiary/aromatic N) is 2. The Kier molecular flexibility index (Phi) is 5.40. The molecule has 2 aromatic carbocycles. The third-order valence-electron chi connectivity index (χ3n) is 5.56. The molecule has 6 heteroatoms. The summed E-state index contributed by atoms with van der Waals surface area (Å²) in [5.74, 6) is 0.684. The number of sulfonamides is 1. The van der Waals surface area contributed by atoms with Gasteiger partial charge in [0.1, 0.15) is 5.75 Å². The van der Waals surface area contributed by atoms with Gasteiger partial charge < -0.3 is 9.30 Å². The van der Waals surface area contributed by atoms with Crippen molar-refractivity contribution in [2.45, 2.75) is 50.7 Å². The second-order valence-electron chi connectivity index (χ2n) is 7.88. The maximum absolute atomic E-state index is 13.1. The van der Waals surface area contributed by atoms with Crippen LogP contribution in [0.2, 0.25) is 0 Å². The Morgan fingerprint density at radius 3 is 2.52 bits per heavy atom. The van der Waals surface area contributed by atoms with Crippen molar-refractivity contribution < 1.29 is 13.2 Å². The Bertz CT molecular complexity index is 1100. The van der Waals surface area contributed by atoms with Crippen molar-refractivity contribution in [1.29, 1.82) is 0 Å². The Balaban J connectivity index is 1.57. The largest absolute Gasteiger partial charge is 0.491 e. The molecule has 1 aliphatic rings. The van der Waals surface area contributed by atoms with Crippen LogP contribution in [0.15, 0.2) is 59.6 Å². The topological polar surface area (TPSA) is 51.5 Å². The summed E-state index contributed by atoms with van der Waals surface area (Å²) in [5, 5.41) is 1.26. The van der Waals surface area contributed by atoms with Crippen molar-refractivity contribution >= 4 is 20.9 Å². The van der Waals surface area contributed by atoms with Crippen LogP contribution in [0, 0.1) is 0 Å². The Labute approximate surface area is 173 Å². The normalized spacial score (nSPS) is 18.0. The highest BCUT2D eigenvalue weighted by Crippen LogP contribution is 2.32. The molecule has 29 heavy (non-hydrogen) atoms. The van der Waals surface area contributed by atoms with Gasteiger partial charge in [-0.3, -0.25) is 0 Å². The number of aromatic nitrogens is 1. The highest BCUT2D eigenvalue weighted by molar-refractivity contribution is 7.89. The molecule has 5 nitrogen and oxygen atoms in total. The number of ether oxygens (including phenoxy) is 1. The van der Waals surface area contributed by atoms with Crippen LogP contribution in [0.4, 0.5) is 0 Å². The molecule has 0 amide bonds. The predicted molar refractivity (Wildman–Crippen MR) is 116 cm³/mol. The molecule has 0 N–H and O–H groups in total. The van der Waals surface area contributed by atoms with Gasteiger partial charge in [-0.1, -0.05) is 25.1 Å². The molecule has 0 spiro atoms. The summed E-state index contributed by atoms with van der Waals surface area (Å²) in [4.78, 5) is 0.320. The van der Waals surface area contributed by atoms with Crippen LogP contribution in [0.3, 0.4) is 0 Å². The van der Waals surface area contributed by atoms with Crippen LogP contribution in [0.5, 0.6) is 5.75 Å². The SMILES string of the molecule is CCc1cn(C2CCN(S(=O)(=O)c3ccc(OC(C)C)cc3)C2)c2ccccc12. The van der Waals surface area contributed by atoms with Gasteiger partial charge in [-0.25, -0.2) is 8.42 Å². The smallest absolute Gasteiger partial charge is 0.243 e. The van der Waals surface area contributed by atoms with Crippen molar-refractivity contribution in [1.82, 2.24) is 8.87 Å². The fraction of sp³-hybridized carbons (Fsp3) is 0.391. The van der Waals surface area contributed by atoms with Crippen LogP contribution in [-0.2, 0) is 16.4 Å². The summed E-state index contributed by atoms with van der Waals surface area (Å²) in [6.07, 6.45) is 4.03. The summed E-state index contributed by atoms with van der Waals surface area (Å²) < 4.78 is 35.8. The van der Waals surface area contributed by atoms with E-state index in [9.17, 15) is 8.42 Å². The van der Waals surface area contributed by atoms with Crippen molar-refractivity contribution in [3.8, 4) is 5.75 Å². The molecule has 1 aromatic heterocycles. The molecule has 1 saturated heterocycles. The minimum atomic E-state index is -3.51. The average molecular weight is 413 g/mol. The second-order valence-corrected chi connectivity index (χ2v) is 9.81. The number of aryl methyl sites for hydroxylation is 1. The van der Waals surface area contributed by atoms with Crippen molar-refractivity contribution in [2.24, 2.45) is 0 Å². The summed E-state index contributed by atoms with van der Waals surface area (Å²) in [5.41, 5.74) is 2.49. The molecule has 0 saturated carbocycles. The van der Waals surface area contributed by atoms with Gasteiger partial charge in [0, 0.05) is 36.2 Å². The summed E-state index contributed by atoms with van der Waals surface area (Å²) >= 11 is 0. The molecular weight excluding hydrogens is 384 g/mol. The fourth-order valence-corrected chi connectivity index (χ4v) is 5.62. The minimum Gasteiger partial charge on any atom is -0.491 e. The molecule has 0 radical (unpaired) electrons. The fourth-order valence-electron chi connectivity index (χ4n) is 4.13. The molecule has 2 heterocycles. The van der Waals surface area contributed by atoms with E-state index in [2.05, 4.69) is 35.9 Å². The highest BCUT2D eigenvalue weighted by Gasteiger charge is 2.34. The maximum Gasteiger partial charge on any atom is 0.243 e. The van der Waals surface area contributed by atoms with E-state index in [4.69, 9.17) is 4.74 Å². The Hall–Kier alpha value is -2.31. The van der Waals surface area contributed by atoms with Gasteiger partial charge >= 0.3 is 0 Å². The quantitative estimate of drug-likeness (QED) is 0.593. The molecule has 0 bridgehead atoms. The van der Waals surface area contributed by atoms with Crippen LogP contribution in [0.1, 0.15) is 38.8 Å². The Morgan fingerprint density at radius 1 is 1.10 bits per heavy atom. The average Bonchev–Trinajstić information content (AvgIpc) is 3.33. The zero-order valence-electron chi connectivity index (χ0n) is 17.2. The number of benzene rings is 2. The number of fused-ring (bicyclic) bond motifs is 1. The molecule has 154 valence electrons. The van der Waals surface area contributed by atoms with Gasteiger partial charge in [0.25, 0.3) is 0 Å². The number of rotatable bonds is 6. The van der Waals surface area contributed by atoms with E-state index < -0.39 is 10.0 Å². The van der Waals surface area contributed by atoms with Crippen LogP contribution >= 0.6 is 0 Å². The van der Waals surface area contributed by atoms with Crippen molar-refractivity contribution in [2.75, 3.05) is 13.1 Å². The molecule has 1 aliphatic heterocycles. The van der Waals surface area contributed by atoms with E-state index >= 15 is 0 Å². The first-order chi connectivity index (χ1) is 13.9. The van der Waals surface area contributed by atoms with Crippen molar-refractivity contribution in [3.05, 3.63) is 60.3 Å². The standard InChI is InChI=1S/C23H28N2O3S/c1-4-18-15-25(23-8-6-5-7-22(18)23)19-13-14-24(16-19)29(26,27)21-11-9-20(10-12-21)28-17(2)3/h5-12,15,17,19H,4,13-14,16H2,1-3H3. The monoisotopic (exact) mass is 412 g/mol. The first-order valence-corrected chi connectivity index (χ1v) is 11.7. The van der Waals surface area contributed by atoms with Gasteiger partial charge in [-0.2, -0.15) is 4.31 Å². The van der Waals surface area contributed by atoms with E-state index in [0.717, 1.165) is 12.8 Å². The van der Waals surface area contributed by atoms with E-state index in [1.165, 1.54) is 16.5 Å². The molecule has 1 fully saturated rings. The first kappa shape index (κ1) is 20.0. The lowest BCUT2D eigenvalue weighted by Crippen LogP contribution is -2.29. The first-order valence-electron chi connectivity index (χ1n) is 10.3. The second kappa shape index (κ2) is 7.84. The molecule has 3 aromatic rings. The number of hydrogen-bond donors (Lipinski definition) is 0. The summed E-state index contributed by atoms with van der Waals surface area (Å²) in [6, 6.07) is 15.3. The van der Waals surface area contributed by atoms with Gasteiger partial charge in [-0.05, 0) is 62.6 Å². The molecule has 4 rings (SSSR count). The Morgan fingerprint density at radius 2 is 1.83 bits per heavy atom. The summed E-state index contributed by atoms with van der Waals surface area (Å²) in [6.45, 7) is 7.08. The predicted octanol–water partition coefficient (Wildman–Crippen LogP) is 4.63. The van der Waals surface area contributed by atoms with Gasteiger partial charge in [0.15, 0.2) is 0 Å². The number of hydrogen-bond acceptors (Lipinski definition) is 3. The van der Waals surface area contributed by atoms with Crippen molar-refractivity contribution in [3.63, 3.8) is 0 Å². The van der Waals surface area contributed by atoms with E-state index in [-0.39, 0.29) is 12.1 Å². The lowest BCUT2D eigenvalue weighted by Gasteiger charge is -2.18. The van der Waals surface area contributed by atoms with E-state index in [1.54, 1.807) is 28.6 Å². The van der Waals surface area contributed by atoms with Gasteiger partial charge in [0.05, 0.1) is 11.0 Å². The lowest BCUT2D eigenvalue weighted by atomic mass is 10.1. The molecule has 0 aliphatic carbocycles. The van der Waals surface area contributed by atoms with Gasteiger partial charge in [0.2, 0.25) is 10.0 Å². The van der Waals surface area contributed by atoms with Crippen LogP contribution in [0.25, 0.3) is 10.9 Å². The van der Waals surface area contributed by atoms with Crippen LogP contribution in [-0.4, -0.2) is 36.5 Å². The summed E-state index contributed by atoms with van der Waals surface area (Å²) in [7, 11) is -3.51. The zero-order chi connectivity index (χ0) is 20.6. The minimum absolute atomic E-state index is 0.0567. The van der Waals surface area contributed by atoms with E-state index in [1.807, 2.05) is 19.9 Å². The third-order valence-corrected chi connectivity index (χ3v) is 7.44. The van der Waals surface area contributed by atoms with Crippen LogP contribution < -0.4 is 4.74 Å².